The molecule has 1 aliphatic rings. The van der Waals surface area contributed by atoms with Crippen LogP contribution in [-0.2, 0) is 22.6 Å². The number of benzene rings is 1. The highest BCUT2D eigenvalue weighted by molar-refractivity contribution is 5.99. The van der Waals surface area contributed by atoms with Crippen LogP contribution in [0.25, 0.3) is 0 Å². The number of nitrogens with one attached hydrogen (secondary N) is 2. The quantitative estimate of drug-likeness (QED) is 0.800. The van der Waals surface area contributed by atoms with E-state index in [4.69, 9.17) is 10.00 Å². The highest BCUT2D eigenvalue weighted by Gasteiger charge is 2.23. The summed E-state index contributed by atoms with van der Waals surface area (Å²) in [5, 5.41) is 18.8. The van der Waals surface area contributed by atoms with Crippen LogP contribution in [0, 0.1) is 25.2 Å². The molecule has 0 fully saturated rings. The van der Waals surface area contributed by atoms with Gasteiger partial charge in [0.2, 0.25) is 5.91 Å². The number of anilines is 2. The van der Waals surface area contributed by atoms with E-state index in [1.807, 2.05) is 18.5 Å². The van der Waals surface area contributed by atoms with Crippen molar-refractivity contribution in [2.45, 2.75) is 52.7 Å². The zero-order chi connectivity index (χ0) is 20.3. The minimum Gasteiger partial charge on any atom is -0.479 e. The van der Waals surface area contributed by atoms with Crippen LogP contribution in [0.15, 0.2) is 18.2 Å². The molecular weight excluding hydrogens is 358 g/mol. The molecule has 1 aliphatic heterocycles. The van der Waals surface area contributed by atoms with Crippen molar-refractivity contribution < 1.29 is 14.3 Å². The molecule has 2 heterocycles. The van der Waals surface area contributed by atoms with E-state index >= 15 is 0 Å². The van der Waals surface area contributed by atoms with Crippen LogP contribution in [0.2, 0.25) is 0 Å². The van der Waals surface area contributed by atoms with Crippen molar-refractivity contribution in [2.75, 3.05) is 10.6 Å². The maximum Gasteiger partial charge on any atom is 0.265 e. The Labute approximate surface area is 163 Å². The molecule has 1 aromatic carbocycles. The SMILES string of the molecule is Cc1nn(CCC#N)c(C)c1CCC(=O)Nc1ccc2c(c1)NC(=O)C(C)O2. The first-order valence-corrected chi connectivity index (χ1v) is 9.20. The topological polar surface area (TPSA) is 109 Å². The fourth-order valence-electron chi connectivity index (χ4n) is 3.22. The van der Waals surface area contributed by atoms with Crippen molar-refractivity contribution in [1.29, 1.82) is 5.26 Å². The molecule has 2 N–H and O–H groups in total. The van der Waals surface area contributed by atoms with Gasteiger partial charge >= 0.3 is 0 Å². The lowest BCUT2D eigenvalue weighted by Crippen LogP contribution is -2.34. The van der Waals surface area contributed by atoms with Crippen molar-refractivity contribution in [1.82, 2.24) is 9.78 Å². The second-order valence-electron chi connectivity index (χ2n) is 6.79. The van der Waals surface area contributed by atoms with Crippen LogP contribution < -0.4 is 15.4 Å². The third kappa shape index (κ3) is 4.14. The van der Waals surface area contributed by atoms with Crippen molar-refractivity contribution in [3.8, 4) is 11.8 Å². The Bertz CT molecular complexity index is 957. The molecule has 1 unspecified atom stereocenters. The van der Waals surface area contributed by atoms with Crippen LogP contribution in [-0.4, -0.2) is 27.7 Å². The number of nitriles is 1. The Hall–Kier alpha value is -3.34. The summed E-state index contributed by atoms with van der Waals surface area (Å²) in [5.74, 6) is 0.247. The third-order valence-electron chi connectivity index (χ3n) is 4.76. The molecule has 2 aromatic rings. The number of amides is 2. The minimum absolute atomic E-state index is 0.125. The van der Waals surface area contributed by atoms with Crippen LogP contribution >= 0.6 is 0 Å². The standard InChI is InChI=1S/C20H23N5O3/c1-12-16(13(2)25(24-12)10-4-9-21)6-8-19(26)22-15-5-7-18-17(11-15)23-20(27)14(3)28-18/h5,7,11,14H,4,6,8,10H2,1-3H3,(H,22,26)(H,23,27). The normalized spacial score (nSPS) is 15.2. The molecule has 8 heteroatoms. The van der Waals surface area contributed by atoms with Gasteiger partial charge in [-0.2, -0.15) is 10.4 Å². The summed E-state index contributed by atoms with van der Waals surface area (Å²) >= 11 is 0. The van der Waals surface area contributed by atoms with Crippen LogP contribution in [0.4, 0.5) is 11.4 Å². The number of fused-ring (bicyclic) bond motifs is 1. The molecule has 0 spiro atoms. The van der Waals surface area contributed by atoms with E-state index in [9.17, 15) is 9.59 Å². The molecule has 0 saturated carbocycles. The summed E-state index contributed by atoms with van der Waals surface area (Å²) in [4.78, 5) is 24.1. The Balaban J connectivity index is 1.61. The van der Waals surface area contributed by atoms with E-state index in [2.05, 4.69) is 21.8 Å². The molecular formula is C20H23N5O3. The number of carbonyl (C=O) groups excluding carboxylic acids is 2. The number of carbonyl (C=O) groups is 2. The summed E-state index contributed by atoms with van der Waals surface area (Å²) in [6.45, 7) is 6.10. The number of aromatic nitrogens is 2. The number of rotatable bonds is 6. The lowest BCUT2D eigenvalue weighted by Gasteiger charge is -2.23. The monoisotopic (exact) mass is 381 g/mol. The molecule has 3 rings (SSSR count). The number of ether oxygens (including phenoxy) is 1. The zero-order valence-corrected chi connectivity index (χ0v) is 16.2. The second kappa shape index (κ2) is 8.13. The van der Waals surface area contributed by atoms with Crippen molar-refractivity contribution in [3.63, 3.8) is 0 Å². The molecule has 0 radical (unpaired) electrons. The predicted octanol–water partition coefficient (Wildman–Crippen LogP) is 2.70. The molecule has 146 valence electrons. The largest absolute Gasteiger partial charge is 0.479 e. The molecule has 1 atom stereocenters. The molecule has 2 amide bonds. The van der Waals surface area contributed by atoms with Gasteiger partial charge in [0.1, 0.15) is 5.75 Å². The maximum atomic E-state index is 12.4. The van der Waals surface area contributed by atoms with Gasteiger partial charge in [0.25, 0.3) is 5.91 Å². The first-order chi connectivity index (χ1) is 13.4. The van der Waals surface area contributed by atoms with Gasteiger partial charge in [0.05, 0.1) is 30.4 Å². The van der Waals surface area contributed by atoms with E-state index in [0.717, 1.165) is 17.0 Å². The number of hydrogen-bond acceptors (Lipinski definition) is 5. The van der Waals surface area contributed by atoms with Gasteiger partial charge in [-0.15, -0.1) is 0 Å². The summed E-state index contributed by atoms with van der Waals surface area (Å²) in [6.07, 6.45) is 0.744. The lowest BCUT2D eigenvalue weighted by molar-refractivity contribution is -0.122. The van der Waals surface area contributed by atoms with Crippen LogP contribution in [0.3, 0.4) is 0 Å². The van der Waals surface area contributed by atoms with E-state index in [1.54, 1.807) is 25.1 Å². The van der Waals surface area contributed by atoms with Gasteiger partial charge in [-0.25, -0.2) is 0 Å². The molecule has 8 nitrogen and oxygen atoms in total. The highest BCUT2D eigenvalue weighted by Crippen LogP contribution is 2.32. The van der Waals surface area contributed by atoms with E-state index < -0.39 is 6.10 Å². The smallest absolute Gasteiger partial charge is 0.265 e. The summed E-state index contributed by atoms with van der Waals surface area (Å²) in [7, 11) is 0. The van der Waals surface area contributed by atoms with Gasteiger partial charge in [-0.1, -0.05) is 0 Å². The molecule has 28 heavy (non-hydrogen) atoms. The van der Waals surface area contributed by atoms with Gasteiger partial charge in [-0.3, -0.25) is 14.3 Å². The number of nitrogens with zero attached hydrogens (tertiary/aromatic N) is 3. The first-order valence-electron chi connectivity index (χ1n) is 9.20. The summed E-state index contributed by atoms with van der Waals surface area (Å²) < 4.78 is 7.33. The molecule has 1 aromatic heterocycles. The van der Waals surface area contributed by atoms with Crippen molar-refractivity contribution in [2.24, 2.45) is 0 Å². The number of hydrogen-bond donors (Lipinski definition) is 2. The average molecular weight is 381 g/mol. The second-order valence-corrected chi connectivity index (χ2v) is 6.79. The van der Waals surface area contributed by atoms with E-state index in [0.29, 0.717) is 42.9 Å². The molecule has 0 saturated heterocycles. The first kappa shape index (κ1) is 19.4. The summed E-state index contributed by atoms with van der Waals surface area (Å²) in [5.41, 5.74) is 4.05. The van der Waals surface area contributed by atoms with Gasteiger partial charge in [-0.05, 0) is 51.0 Å². The lowest BCUT2D eigenvalue weighted by atomic mass is 10.1. The predicted molar refractivity (Wildman–Crippen MR) is 104 cm³/mol. The minimum atomic E-state index is -0.534. The Morgan fingerprint density at radius 2 is 2.21 bits per heavy atom. The summed E-state index contributed by atoms with van der Waals surface area (Å²) in [6, 6.07) is 7.28. The Morgan fingerprint density at radius 3 is 2.96 bits per heavy atom. The van der Waals surface area contributed by atoms with Gasteiger partial charge in [0, 0.05) is 17.8 Å². The fourth-order valence-corrected chi connectivity index (χ4v) is 3.22. The third-order valence-corrected chi connectivity index (χ3v) is 4.76. The van der Waals surface area contributed by atoms with Gasteiger partial charge in [0.15, 0.2) is 6.10 Å². The van der Waals surface area contributed by atoms with Crippen LogP contribution in [0.1, 0.15) is 36.7 Å². The molecule has 0 aliphatic carbocycles. The fraction of sp³-hybridized carbons (Fsp3) is 0.400. The highest BCUT2D eigenvalue weighted by atomic mass is 16.5. The van der Waals surface area contributed by atoms with Crippen molar-refractivity contribution in [3.05, 3.63) is 35.2 Å². The van der Waals surface area contributed by atoms with Crippen molar-refractivity contribution >= 4 is 23.2 Å². The van der Waals surface area contributed by atoms with Crippen LogP contribution in [0.5, 0.6) is 5.75 Å². The van der Waals surface area contributed by atoms with Gasteiger partial charge < -0.3 is 15.4 Å². The zero-order valence-electron chi connectivity index (χ0n) is 16.2. The molecule has 0 bridgehead atoms. The Kier molecular flexibility index (Phi) is 5.64. The van der Waals surface area contributed by atoms with E-state index in [1.165, 1.54) is 0 Å². The Morgan fingerprint density at radius 1 is 1.43 bits per heavy atom. The number of aryl methyl sites for hydroxylation is 2. The maximum absolute atomic E-state index is 12.4. The van der Waals surface area contributed by atoms with E-state index in [-0.39, 0.29) is 11.8 Å². The average Bonchev–Trinajstić information content (AvgIpc) is 2.92.